The highest BCUT2D eigenvalue weighted by Gasteiger charge is 2.42. The van der Waals surface area contributed by atoms with Gasteiger partial charge in [-0.1, -0.05) is 175 Å². The van der Waals surface area contributed by atoms with Crippen molar-refractivity contribution in [1.82, 2.24) is 19.9 Å². The Hall–Kier alpha value is -6.34. The number of pyridine rings is 2. The zero-order chi connectivity index (χ0) is 48.3. The topological polar surface area (TPSA) is 51.6 Å². The van der Waals surface area contributed by atoms with Crippen LogP contribution in [0.2, 0.25) is 0 Å². The number of unbranched alkanes of at least 4 members (excludes halogenated alkanes) is 10. The van der Waals surface area contributed by atoms with Crippen LogP contribution in [0.25, 0.3) is 97.8 Å². The van der Waals surface area contributed by atoms with E-state index in [-0.39, 0.29) is 5.41 Å². The summed E-state index contributed by atoms with van der Waals surface area (Å²) in [6, 6.07) is 49.4. The van der Waals surface area contributed by atoms with E-state index in [9.17, 15) is 0 Å². The van der Waals surface area contributed by atoms with Crippen LogP contribution in [0.1, 0.15) is 125 Å². The molecule has 11 rings (SSSR count). The number of hydrogen-bond acceptors (Lipinski definition) is 6. The van der Waals surface area contributed by atoms with Gasteiger partial charge in [0.05, 0.1) is 33.5 Å². The third-order valence-corrected chi connectivity index (χ3v) is 17.4. The van der Waals surface area contributed by atoms with Gasteiger partial charge in [-0.3, -0.25) is 9.97 Å². The van der Waals surface area contributed by atoms with E-state index in [0.717, 1.165) is 66.5 Å². The zero-order valence-electron chi connectivity index (χ0n) is 41.9. The molecule has 0 N–H and O–H groups in total. The summed E-state index contributed by atoms with van der Waals surface area (Å²) in [6.45, 7) is 9.10. The van der Waals surface area contributed by atoms with Crippen molar-refractivity contribution < 1.29 is 0 Å². The molecule has 0 radical (unpaired) electrons. The fraction of sp³-hybridized carbons (Fsp3) is 0.292. The van der Waals surface area contributed by atoms with Gasteiger partial charge in [-0.15, -0.1) is 22.7 Å². The van der Waals surface area contributed by atoms with Gasteiger partial charge in [0.2, 0.25) is 0 Å². The van der Waals surface area contributed by atoms with E-state index < -0.39 is 0 Å². The molecule has 1 aliphatic carbocycles. The summed E-state index contributed by atoms with van der Waals surface area (Å²) in [5.74, 6) is 0. The Kier molecular flexibility index (Phi) is 13.8. The summed E-state index contributed by atoms with van der Waals surface area (Å²) >= 11 is 3.68. The molecule has 71 heavy (non-hydrogen) atoms. The molecule has 0 fully saturated rings. The van der Waals surface area contributed by atoms with Gasteiger partial charge in [-0.2, -0.15) is 0 Å². The quantitative estimate of drug-likeness (QED) is 0.0758. The largest absolute Gasteiger partial charge is 0.256 e. The van der Waals surface area contributed by atoms with E-state index in [4.69, 9.17) is 19.9 Å². The predicted molar refractivity (Wildman–Crippen MR) is 305 cm³/mol. The lowest BCUT2D eigenvalue weighted by Crippen LogP contribution is -2.25. The molecule has 0 bridgehead atoms. The summed E-state index contributed by atoms with van der Waals surface area (Å²) in [7, 11) is 0. The summed E-state index contributed by atoms with van der Waals surface area (Å²) in [5, 5.41) is 2.10. The Bertz CT molecular complexity index is 3500. The highest BCUT2D eigenvalue weighted by molar-refractivity contribution is 7.19. The fourth-order valence-corrected chi connectivity index (χ4v) is 13.5. The van der Waals surface area contributed by atoms with E-state index in [1.807, 2.05) is 29.8 Å². The monoisotopic (exact) mass is 964 g/mol. The van der Waals surface area contributed by atoms with Crippen LogP contribution in [0.3, 0.4) is 0 Å². The second kappa shape index (κ2) is 20.8. The van der Waals surface area contributed by atoms with Crippen LogP contribution in [0.5, 0.6) is 0 Å². The Balaban J connectivity index is 1.06. The third kappa shape index (κ3) is 9.15. The standard InChI is InChI=1S/C65H64N4S2/c1-5-7-9-11-13-19-37-65(38-20-14-12-10-8-6-2)54-41-43(3)25-28-46(54)47-29-27-45(42-55(47)65)58-33-34-60(71-58)53-31-30-52(59-32-26-44(4)70-59)63-64(53)69-62(51-36-40-67-57-24-18-16-22-49(51)57)61(68-63)50-35-39-66-56-23-17-15-21-48(50)56/h15-18,21-36,39-42H,5-14,19-20,37-38H2,1-4H3. The van der Waals surface area contributed by atoms with Gasteiger partial charge in [0.15, 0.2) is 0 Å². The van der Waals surface area contributed by atoms with Crippen LogP contribution in [-0.2, 0) is 5.41 Å². The van der Waals surface area contributed by atoms with Gasteiger partial charge in [0.1, 0.15) is 0 Å². The molecule has 5 aromatic heterocycles. The van der Waals surface area contributed by atoms with Crippen molar-refractivity contribution in [2.24, 2.45) is 0 Å². The number of fused-ring (bicyclic) bond motifs is 6. The summed E-state index contributed by atoms with van der Waals surface area (Å²) in [6.07, 6.45) is 22.0. The molecular weight excluding hydrogens is 901 g/mol. The number of hydrogen-bond donors (Lipinski definition) is 0. The van der Waals surface area contributed by atoms with Crippen molar-refractivity contribution in [1.29, 1.82) is 0 Å². The number of nitrogens with zero attached hydrogens (tertiary/aromatic N) is 4. The van der Waals surface area contributed by atoms with E-state index in [1.54, 1.807) is 22.5 Å². The molecule has 0 aliphatic heterocycles. The second-order valence-electron chi connectivity index (χ2n) is 20.0. The van der Waals surface area contributed by atoms with Crippen LogP contribution >= 0.6 is 22.7 Å². The Morgan fingerprint density at radius 1 is 0.423 bits per heavy atom. The van der Waals surface area contributed by atoms with Gasteiger partial charge in [0.25, 0.3) is 0 Å². The molecular formula is C65H64N4S2. The molecule has 0 spiro atoms. The average Bonchev–Trinajstić information content (AvgIpc) is 4.14. The van der Waals surface area contributed by atoms with E-state index in [2.05, 4.69) is 155 Å². The fourth-order valence-electron chi connectivity index (χ4n) is 11.6. The molecule has 0 unspecified atom stereocenters. The Morgan fingerprint density at radius 3 is 1.49 bits per heavy atom. The number of rotatable bonds is 19. The highest BCUT2D eigenvalue weighted by atomic mass is 32.1. The summed E-state index contributed by atoms with van der Waals surface area (Å²) in [5.41, 5.74) is 18.2. The van der Waals surface area contributed by atoms with Crippen molar-refractivity contribution in [3.8, 4) is 65.0 Å². The van der Waals surface area contributed by atoms with E-state index in [0.29, 0.717) is 0 Å². The SMILES string of the molecule is CCCCCCCCC1(CCCCCCCC)c2cc(C)ccc2-c2ccc(-c3ccc(-c4ccc(-c5ccc(C)s5)c5nc(-c6ccnc7ccccc67)c(-c6ccnc7ccccc67)nc45)s3)cc21. The molecule has 356 valence electrons. The van der Waals surface area contributed by atoms with Crippen LogP contribution in [0.4, 0.5) is 0 Å². The smallest absolute Gasteiger partial charge is 0.0988 e. The molecule has 5 heterocycles. The molecule has 0 saturated carbocycles. The first-order chi connectivity index (χ1) is 34.9. The minimum Gasteiger partial charge on any atom is -0.256 e. The summed E-state index contributed by atoms with van der Waals surface area (Å²) in [4.78, 5) is 26.1. The van der Waals surface area contributed by atoms with Gasteiger partial charge in [-0.05, 0) is 109 Å². The van der Waals surface area contributed by atoms with Gasteiger partial charge < -0.3 is 0 Å². The van der Waals surface area contributed by atoms with Crippen LogP contribution in [0.15, 0.2) is 146 Å². The predicted octanol–water partition coefficient (Wildman–Crippen LogP) is 19.6. The van der Waals surface area contributed by atoms with Crippen molar-refractivity contribution in [3.05, 3.63) is 167 Å². The molecule has 10 aromatic rings. The van der Waals surface area contributed by atoms with E-state index >= 15 is 0 Å². The lowest BCUT2D eigenvalue weighted by atomic mass is 9.70. The van der Waals surface area contributed by atoms with Crippen molar-refractivity contribution in [2.75, 3.05) is 0 Å². The molecule has 0 atom stereocenters. The van der Waals surface area contributed by atoms with Gasteiger partial charge in [-0.25, -0.2) is 9.97 Å². The molecule has 0 saturated heterocycles. The van der Waals surface area contributed by atoms with Crippen LogP contribution in [-0.4, -0.2) is 19.9 Å². The Morgan fingerprint density at radius 2 is 0.915 bits per heavy atom. The minimum absolute atomic E-state index is 0.0233. The normalized spacial score (nSPS) is 12.8. The number of benzene rings is 5. The lowest BCUT2D eigenvalue weighted by molar-refractivity contribution is 0.398. The van der Waals surface area contributed by atoms with Gasteiger partial charge >= 0.3 is 0 Å². The molecule has 0 amide bonds. The zero-order valence-corrected chi connectivity index (χ0v) is 43.5. The average molecular weight is 965 g/mol. The van der Waals surface area contributed by atoms with Gasteiger partial charge in [0, 0.05) is 70.3 Å². The first kappa shape index (κ1) is 47.0. The van der Waals surface area contributed by atoms with Crippen LogP contribution in [0, 0.1) is 13.8 Å². The van der Waals surface area contributed by atoms with Crippen molar-refractivity contribution in [3.63, 3.8) is 0 Å². The number of para-hydroxylation sites is 2. The first-order valence-corrected chi connectivity index (χ1v) is 28.0. The second-order valence-corrected chi connectivity index (χ2v) is 22.4. The highest BCUT2D eigenvalue weighted by Crippen LogP contribution is 2.56. The third-order valence-electron chi connectivity index (χ3n) is 15.2. The molecule has 6 heteroatoms. The van der Waals surface area contributed by atoms with Crippen molar-refractivity contribution in [2.45, 2.75) is 123 Å². The summed E-state index contributed by atoms with van der Waals surface area (Å²) < 4.78 is 0. The molecule has 4 nitrogen and oxygen atoms in total. The number of aromatic nitrogens is 4. The maximum Gasteiger partial charge on any atom is 0.0988 e. The first-order valence-electron chi connectivity index (χ1n) is 26.4. The maximum absolute atomic E-state index is 5.83. The molecule has 5 aromatic carbocycles. The lowest BCUT2D eigenvalue weighted by Gasteiger charge is -2.33. The van der Waals surface area contributed by atoms with Crippen LogP contribution < -0.4 is 0 Å². The number of thiophene rings is 2. The number of aryl methyl sites for hydroxylation is 2. The Labute approximate surface area is 428 Å². The molecule has 1 aliphatic rings. The minimum atomic E-state index is 0.0233. The van der Waals surface area contributed by atoms with Crippen molar-refractivity contribution >= 4 is 55.5 Å². The maximum atomic E-state index is 5.83. The van der Waals surface area contributed by atoms with E-state index in [1.165, 1.54) is 132 Å².